The SMILES string of the molecule is C[C@@H]1C[C@]2(c3cccc([N+](=O)[O-])c3)O[C@@H]2CN1C(=O)OC(C)(C)C. The number of nitrogens with zero attached hydrogens (tertiary/aromatic N) is 2. The minimum atomic E-state index is -0.546. The van der Waals surface area contributed by atoms with E-state index in [9.17, 15) is 14.9 Å². The Morgan fingerprint density at radius 2 is 2.17 bits per heavy atom. The van der Waals surface area contributed by atoms with Crippen LogP contribution in [0.15, 0.2) is 24.3 Å². The quantitative estimate of drug-likeness (QED) is 0.471. The summed E-state index contributed by atoms with van der Waals surface area (Å²) in [7, 11) is 0. The molecule has 1 amide bonds. The molecule has 0 spiro atoms. The maximum atomic E-state index is 12.3. The van der Waals surface area contributed by atoms with Crippen molar-refractivity contribution in [1.82, 2.24) is 4.90 Å². The highest BCUT2D eigenvalue weighted by Crippen LogP contribution is 2.54. The highest BCUT2D eigenvalue weighted by Gasteiger charge is 2.62. The lowest BCUT2D eigenvalue weighted by molar-refractivity contribution is -0.385. The second-order valence-corrected chi connectivity index (χ2v) is 7.49. The van der Waals surface area contributed by atoms with Crippen molar-refractivity contribution in [2.45, 2.75) is 57.5 Å². The third-order valence-electron chi connectivity index (χ3n) is 4.48. The van der Waals surface area contributed by atoms with E-state index in [1.165, 1.54) is 6.07 Å². The van der Waals surface area contributed by atoms with Crippen LogP contribution in [0.2, 0.25) is 0 Å². The van der Waals surface area contributed by atoms with Crippen molar-refractivity contribution in [3.05, 3.63) is 39.9 Å². The van der Waals surface area contributed by atoms with Gasteiger partial charge in [-0.2, -0.15) is 0 Å². The van der Waals surface area contributed by atoms with Crippen LogP contribution in [0.3, 0.4) is 0 Å². The van der Waals surface area contributed by atoms with Crippen molar-refractivity contribution in [3.63, 3.8) is 0 Å². The van der Waals surface area contributed by atoms with Gasteiger partial charge in [0.2, 0.25) is 0 Å². The minimum Gasteiger partial charge on any atom is -0.444 e. The zero-order valence-electron chi connectivity index (χ0n) is 14.3. The van der Waals surface area contributed by atoms with E-state index < -0.39 is 16.1 Å². The Morgan fingerprint density at radius 1 is 1.46 bits per heavy atom. The molecule has 0 aromatic heterocycles. The number of nitro groups is 1. The second kappa shape index (κ2) is 5.44. The Kier molecular flexibility index (Phi) is 3.79. The molecule has 3 atom stereocenters. The number of fused-ring (bicyclic) bond motifs is 1. The summed E-state index contributed by atoms with van der Waals surface area (Å²) in [4.78, 5) is 24.6. The molecule has 2 saturated heterocycles. The highest BCUT2D eigenvalue weighted by molar-refractivity contribution is 5.69. The number of carbonyl (C=O) groups excluding carboxylic acids is 1. The minimum absolute atomic E-state index is 0.0540. The van der Waals surface area contributed by atoms with Crippen molar-refractivity contribution >= 4 is 11.8 Å². The van der Waals surface area contributed by atoms with Crippen LogP contribution in [0.25, 0.3) is 0 Å². The predicted molar refractivity (Wildman–Crippen MR) is 86.7 cm³/mol. The molecule has 0 aliphatic carbocycles. The molecule has 130 valence electrons. The van der Waals surface area contributed by atoms with Gasteiger partial charge in [-0.15, -0.1) is 0 Å². The lowest BCUT2D eigenvalue weighted by atomic mass is 9.85. The number of hydrogen-bond acceptors (Lipinski definition) is 5. The molecule has 1 aromatic rings. The smallest absolute Gasteiger partial charge is 0.410 e. The zero-order chi connectivity index (χ0) is 17.7. The second-order valence-electron chi connectivity index (χ2n) is 7.49. The number of benzene rings is 1. The number of amides is 1. The molecule has 2 heterocycles. The van der Waals surface area contributed by atoms with Gasteiger partial charge in [-0.05, 0) is 33.3 Å². The Hall–Kier alpha value is -2.15. The molecule has 2 aliphatic rings. The van der Waals surface area contributed by atoms with Crippen LogP contribution in [0.5, 0.6) is 0 Å². The van der Waals surface area contributed by atoms with Gasteiger partial charge in [0.05, 0.1) is 11.5 Å². The van der Waals surface area contributed by atoms with Crippen molar-refractivity contribution in [3.8, 4) is 0 Å². The van der Waals surface area contributed by atoms with E-state index in [0.717, 1.165) is 5.56 Å². The summed E-state index contributed by atoms with van der Waals surface area (Å²) in [6.07, 6.45) is 0.0966. The van der Waals surface area contributed by atoms with Gasteiger partial charge in [-0.3, -0.25) is 10.1 Å². The van der Waals surface area contributed by atoms with Gasteiger partial charge in [0.25, 0.3) is 5.69 Å². The molecule has 0 N–H and O–H groups in total. The van der Waals surface area contributed by atoms with Crippen LogP contribution in [0, 0.1) is 10.1 Å². The monoisotopic (exact) mass is 334 g/mol. The topological polar surface area (TPSA) is 85.2 Å². The van der Waals surface area contributed by atoms with E-state index in [0.29, 0.717) is 13.0 Å². The number of rotatable bonds is 2. The highest BCUT2D eigenvalue weighted by atomic mass is 16.6. The molecule has 2 aliphatic heterocycles. The number of piperidine rings is 1. The number of likely N-dealkylation sites (tertiary alicyclic amines) is 1. The lowest BCUT2D eigenvalue weighted by Crippen LogP contribution is -2.49. The number of non-ortho nitro benzene ring substituents is 1. The van der Waals surface area contributed by atoms with Gasteiger partial charge in [0.1, 0.15) is 17.3 Å². The maximum absolute atomic E-state index is 12.3. The summed E-state index contributed by atoms with van der Waals surface area (Å²) in [5.74, 6) is 0. The molecule has 0 saturated carbocycles. The average Bonchev–Trinajstić information content (AvgIpc) is 3.19. The molecule has 1 aromatic carbocycles. The fourth-order valence-electron chi connectivity index (χ4n) is 3.32. The molecule has 0 unspecified atom stereocenters. The van der Waals surface area contributed by atoms with Gasteiger partial charge in [0, 0.05) is 24.6 Å². The first-order valence-electron chi connectivity index (χ1n) is 8.05. The van der Waals surface area contributed by atoms with Gasteiger partial charge in [-0.25, -0.2) is 4.79 Å². The van der Waals surface area contributed by atoms with Crippen molar-refractivity contribution < 1.29 is 19.2 Å². The summed E-state index contributed by atoms with van der Waals surface area (Å²) >= 11 is 0. The first-order valence-corrected chi connectivity index (χ1v) is 8.05. The predicted octanol–water partition coefficient (Wildman–Crippen LogP) is 3.22. The summed E-state index contributed by atoms with van der Waals surface area (Å²) in [5.41, 5.74) is -0.213. The summed E-state index contributed by atoms with van der Waals surface area (Å²) in [5, 5.41) is 11.0. The van der Waals surface area contributed by atoms with Crippen LogP contribution >= 0.6 is 0 Å². The lowest BCUT2D eigenvalue weighted by Gasteiger charge is -2.36. The van der Waals surface area contributed by atoms with E-state index in [-0.39, 0.29) is 23.9 Å². The number of hydrogen-bond donors (Lipinski definition) is 0. The Bertz CT molecular complexity index is 684. The van der Waals surface area contributed by atoms with Gasteiger partial charge < -0.3 is 14.4 Å². The molecule has 7 heteroatoms. The fourth-order valence-corrected chi connectivity index (χ4v) is 3.32. The van der Waals surface area contributed by atoms with E-state index in [2.05, 4.69) is 0 Å². The first-order chi connectivity index (χ1) is 11.1. The largest absolute Gasteiger partial charge is 0.444 e. The molecular weight excluding hydrogens is 312 g/mol. The van der Waals surface area contributed by atoms with E-state index >= 15 is 0 Å². The van der Waals surface area contributed by atoms with Crippen LogP contribution in [-0.4, -0.2) is 40.2 Å². The van der Waals surface area contributed by atoms with Crippen molar-refractivity contribution in [2.24, 2.45) is 0 Å². The number of carbonyl (C=O) groups is 1. The van der Waals surface area contributed by atoms with Crippen molar-refractivity contribution in [1.29, 1.82) is 0 Å². The molecule has 0 radical (unpaired) electrons. The average molecular weight is 334 g/mol. The first kappa shape index (κ1) is 16.7. The normalized spacial score (nSPS) is 28.9. The summed E-state index contributed by atoms with van der Waals surface area (Å²) < 4.78 is 11.3. The van der Waals surface area contributed by atoms with Crippen LogP contribution in [-0.2, 0) is 15.1 Å². The van der Waals surface area contributed by atoms with Crippen LogP contribution < -0.4 is 0 Å². The third-order valence-corrected chi connectivity index (χ3v) is 4.48. The molecule has 7 nitrogen and oxygen atoms in total. The molecule has 3 rings (SSSR count). The maximum Gasteiger partial charge on any atom is 0.410 e. The molecule has 2 fully saturated rings. The molecular formula is C17H22N2O5. The standard InChI is InChI=1S/C17H22N2O5/c1-11-9-17(12-6-5-7-13(8-12)19(21)22)14(23-17)10-18(11)15(20)24-16(2,3)4/h5-8,11,14H,9-10H2,1-4H3/t11-,14-,17-/m1/s1. The van der Waals surface area contributed by atoms with Crippen LogP contribution in [0.1, 0.15) is 39.7 Å². The Morgan fingerprint density at radius 3 is 2.79 bits per heavy atom. The third kappa shape index (κ3) is 2.96. The zero-order valence-corrected chi connectivity index (χ0v) is 14.3. The van der Waals surface area contributed by atoms with Gasteiger partial charge in [-0.1, -0.05) is 12.1 Å². The number of epoxide rings is 1. The summed E-state index contributed by atoms with van der Waals surface area (Å²) in [6.45, 7) is 7.88. The van der Waals surface area contributed by atoms with E-state index in [1.54, 1.807) is 17.0 Å². The summed E-state index contributed by atoms with van der Waals surface area (Å²) in [6, 6.07) is 6.49. The Balaban J connectivity index is 1.77. The van der Waals surface area contributed by atoms with Gasteiger partial charge in [0.15, 0.2) is 0 Å². The molecule has 0 bridgehead atoms. The van der Waals surface area contributed by atoms with E-state index in [4.69, 9.17) is 9.47 Å². The van der Waals surface area contributed by atoms with E-state index in [1.807, 2.05) is 33.8 Å². The number of ether oxygens (including phenoxy) is 2. The van der Waals surface area contributed by atoms with Gasteiger partial charge >= 0.3 is 6.09 Å². The fraction of sp³-hybridized carbons (Fsp3) is 0.588. The molecule has 24 heavy (non-hydrogen) atoms. The van der Waals surface area contributed by atoms with Crippen molar-refractivity contribution in [2.75, 3.05) is 6.54 Å². The number of nitro benzene ring substituents is 1. The Labute approximate surface area is 140 Å². The van der Waals surface area contributed by atoms with Crippen LogP contribution in [0.4, 0.5) is 10.5 Å².